The van der Waals surface area contributed by atoms with Crippen molar-refractivity contribution in [2.75, 3.05) is 26.9 Å². The highest BCUT2D eigenvalue weighted by atomic mass is 127. The first-order valence-electron chi connectivity index (χ1n) is 16.0. The van der Waals surface area contributed by atoms with Crippen LogP contribution in [0.3, 0.4) is 0 Å². The SMILES string of the molecule is CCOc1cc([C@@H]2NC(=O)NC(C)=C2C(=O)OC)ccc1OC[C@H](O)N/N=C/c1cc(I)c(OCc2cccc3ccccc23)c(OCC)c1. The van der Waals surface area contributed by atoms with Crippen molar-refractivity contribution in [3.63, 3.8) is 0 Å². The number of nitrogens with one attached hydrogen (secondary N) is 3. The highest BCUT2D eigenvalue weighted by molar-refractivity contribution is 14.1. The number of amides is 2. The lowest BCUT2D eigenvalue weighted by atomic mass is 9.95. The number of hydrogen-bond donors (Lipinski definition) is 4. The van der Waals surface area contributed by atoms with Crippen molar-refractivity contribution in [1.82, 2.24) is 16.1 Å². The molecule has 50 heavy (non-hydrogen) atoms. The van der Waals surface area contributed by atoms with Crippen molar-refractivity contribution in [2.45, 2.75) is 39.6 Å². The van der Waals surface area contributed by atoms with Crippen LogP contribution in [-0.2, 0) is 16.1 Å². The second kappa shape index (κ2) is 17.1. The van der Waals surface area contributed by atoms with Gasteiger partial charge in [-0.3, -0.25) is 5.43 Å². The Bertz CT molecular complexity index is 1910. The van der Waals surface area contributed by atoms with Gasteiger partial charge in [-0.15, -0.1) is 0 Å². The van der Waals surface area contributed by atoms with E-state index >= 15 is 0 Å². The predicted octanol–water partition coefficient (Wildman–Crippen LogP) is 5.94. The summed E-state index contributed by atoms with van der Waals surface area (Å²) in [6.07, 6.45) is 0.416. The van der Waals surface area contributed by atoms with Crippen molar-refractivity contribution in [2.24, 2.45) is 5.10 Å². The van der Waals surface area contributed by atoms with E-state index in [0.29, 0.717) is 54.1 Å². The molecule has 2 amide bonds. The molecular formula is C37H39IN4O8. The van der Waals surface area contributed by atoms with Gasteiger partial charge in [0, 0.05) is 5.70 Å². The molecule has 0 fully saturated rings. The average Bonchev–Trinajstić information content (AvgIpc) is 3.10. The van der Waals surface area contributed by atoms with Crippen LogP contribution < -0.4 is 35.0 Å². The van der Waals surface area contributed by atoms with Crippen molar-refractivity contribution >= 4 is 51.6 Å². The lowest BCUT2D eigenvalue weighted by Crippen LogP contribution is -2.45. The molecular weight excluding hydrogens is 755 g/mol. The van der Waals surface area contributed by atoms with Crippen LogP contribution in [0.15, 0.2) is 89.2 Å². The predicted molar refractivity (Wildman–Crippen MR) is 198 cm³/mol. The summed E-state index contributed by atoms with van der Waals surface area (Å²) in [4.78, 5) is 24.7. The van der Waals surface area contributed by atoms with Crippen LogP contribution in [-0.4, -0.2) is 56.5 Å². The Labute approximate surface area is 303 Å². The Morgan fingerprint density at radius 2 is 1.74 bits per heavy atom. The van der Waals surface area contributed by atoms with Crippen LogP contribution >= 0.6 is 22.6 Å². The summed E-state index contributed by atoms with van der Waals surface area (Å²) in [5, 5.41) is 22.4. The van der Waals surface area contributed by atoms with Gasteiger partial charge in [0.1, 0.15) is 13.2 Å². The first-order valence-corrected chi connectivity index (χ1v) is 17.1. The number of hydrazone groups is 1. The fraction of sp³-hybridized carbons (Fsp3) is 0.270. The molecule has 12 nitrogen and oxygen atoms in total. The van der Waals surface area contributed by atoms with Crippen LogP contribution in [0, 0.1) is 3.57 Å². The fourth-order valence-electron chi connectivity index (χ4n) is 5.45. The number of carbonyl (C=O) groups is 2. The second-order valence-electron chi connectivity index (χ2n) is 11.1. The molecule has 0 aliphatic carbocycles. The van der Waals surface area contributed by atoms with Gasteiger partial charge in [0.05, 0.1) is 41.7 Å². The molecule has 4 N–H and O–H groups in total. The summed E-state index contributed by atoms with van der Waals surface area (Å²) in [6, 6.07) is 21.9. The van der Waals surface area contributed by atoms with E-state index in [-0.39, 0.29) is 12.2 Å². The molecule has 0 radical (unpaired) electrons. The minimum atomic E-state index is -1.16. The zero-order chi connectivity index (χ0) is 35.6. The average molecular weight is 795 g/mol. The third-order valence-electron chi connectivity index (χ3n) is 7.69. The van der Waals surface area contributed by atoms with E-state index in [1.54, 1.807) is 31.3 Å². The number of hydrogen-bond acceptors (Lipinski definition) is 10. The van der Waals surface area contributed by atoms with Crippen LogP contribution in [0.2, 0.25) is 0 Å². The molecule has 0 bridgehead atoms. The minimum Gasteiger partial charge on any atom is -0.490 e. The molecule has 0 saturated carbocycles. The smallest absolute Gasteiger partial charge is 0.337 e. The lowest BCUT2D eigenvalue weighted by molar-refractivity contribution is -0.136. The van der Waals surface area contributed by atoms with E-state index < -0.39 is 24.3 Å². The Kier molecular flexibility index (Phi) is 12.4. The number of halogens is 1. The summed E-state index contributed by atoms with van der Waals surface area (Å²) < 4.78 is 29.6. The zero-order valence-corrected chi connectivity index (χ0v) is 30.3. The fourth-order valence-corrected chi connectivity index (χ4v) is 6.23. The molecule has 4 aromatic carbocycles. The number of urea groups is 1. The van der Waals surface area contributed by atoms with E-state index in [1.807, 2.05) is 44.2 Å². The number of aliphatic hydroxyl groups is 1. The molecule has 4 aromatic rings. The maximum absolute atomic E-state index is 12.5. The van der Waals surface area contributed by atoms with E-state index in [2.05, 4.69) is 68.0 Å². The number of ether oxygens (including phenoxy) is 5. The van der Waals surface area contributed by atoms with Gasteiger partial charge in [-0.25, -0.2) is 9.59 Å². The number of allylic oxidation sites excluding steroid dienone is 1. The zero-order valence-electron chi connectivity index (χ0n) is 28.1. The number of nitrogens with zero attached hydrogens (tertiary/aromatic N) is 1. The number of methoxy groups -OCH3 is 1. The molecule has 1 aliphatic heterocycles. The van der Waals surface area contributed by atoms with Crippen LogP contribution in [0.25, 0.3) is 10.8 Å². The number of esters is 1. The Morgan fingerprint density at radius 1 is 0.980 bits per heavy atom. The van der Waals surface area contributed by atoms with Gasteiger partial charge in [0.2, 0.25) is 0 Å². The van der Waals surface area contributed by atoms with E-state index in [0.717, 1.165) is 25.5 Å². The molecule has 0 aromatic heterocycles. The highest BCUT2D eigenvalue weighted by Gasteiger charge is 2.32. The molecule has 5 rings (SSSR count). The summed E-state index contributed by atoms with van der Waals surface area (Å²) in [5.74, 6) is 1.39. The standard InChI is InChI=1S/C37H39IN4O8/c1-5-47-30-18-25(34-33(36(44)46-4)22(3)40-37(45)41-34)14-15-29(30)49-21-32(43)42-39-19-23-16-28(38)35(31(17-23)48-6-2)50-20-26-12-9-11-24-10-7-8-13-27(24)26/h7-19,32,34,42-43H,5-6,20-21H2,1-4H3,(H2,40,41,45)/b39-19+/t32-,34-/m0/s1. The molecule has 0 spiro atoms. The maximum atomic E-state index is 12.5. The van der Waals surface area contributed by atoms with Crippen molar-refractivity contribution < 1.29 is 38.4 Å². The normalized spacial score (nSPS) is 14.9. The van der Waals surface area contributed by atoms with Gasteiger partial charge in [-0.1, -0.05) is 48.5 Å². The molecule has 0 saturated heterocycles. The third-order valence-corrected chi connectivity index (χ3v) is 8.49. The number of aliphatic hydroxyl groups excluding tert-OH is 1. The monoisotopic (exact) mass is 794 g/mol. The third kappa shape index (κ3) is 8.76. The van der Waals surface area contributed by atoms with E-state index in [9.17, 15) is 14.7 Å². The summed E-state index contributed by atoms with van der Waals surface area (Å²) in [7, 11) is 1.28. The van der Waals surface area contributed by atoms with Gasteiger partial charge >= 0.3 is 12.0 Å². The molecule has 2 atom stereocenters. The van der Waals surface area contributed by atoms with E-state index in [4.69, 9.17) is 23.7 Å². The summed E-state index contributed by atoms with van der Waals surface area (Å²) in [6.45, 7) is 6.37. The number of rotatable bonds is 15. The topological polar surface area (TPSA) is 149 Å². The molecule has 262 valence electrons. The van der Waals surface area contributed by atoms with Crippen molar-refractivity contribution in [1.29, 1.82) is 0 Å². The van der Waals surface area contributed by atoms with Crippen LogP contribution in [0.5, 0.6) is 23.0 Å². The summed E-state index contributed by atoms with van der Waals surface area (Å²) in [5.41, 5.74) is 5.74. The summed E-state index contributed by atoms with van der Waals surface area (Å²) >= 11 is 2.21. The quantitative estimate of drug-likeness (QED) is 0.0377. The van der Waals surface area contributed by atoms with Gasteiger partial charge in [0.15, 0.2) is 29.2 Å². The molecule has 13 heteroatoms. The first kappa shape index (κ1) is 36.3. The Hall–Kier alpha value is -5.02. The Balaban J connectivity index is 1.23. The molecule has 1 aliphatic rings. The number of benzene rings is 4. The highest BCUT2D eigenvalue weighted by Crippen LogP contribution is 2.36. The van der Waals surface area contributed by atoms with E-state index in [1.165, 1.54) is 7.11 Å². The minimum absolute atomic E-state index is 0.157. The Morgan fingerprint density at radius 3 is 2.52 bits per heavy atom. The van der Waals surface area contributed by atoms with Gasteiger partial charge < -0.3 is 39.4 Å². The van der Waals surface area contributed by atoms with Gasteiger partial charge in [-0.2, -0.15) is 5.10 Å². The second-order valence-corrected chi connectivity index (χ2v) is 12.3. The van der Waals surface area contributed by atoms with Crippen LogP contribution in [0.4, 0.5) is 4.79 Å². The number of carbonyl (C=O) groups excluding carboxylic acids is 2. The van der Waals surface area contributed by atoms with Gasteiger partial charge in [0.25, 0.3) is 0 Å². The van der Waals surface area contributed by atoms with Crippen LogP contribution in [0.1, 0.15) is 43.5 Å². The van der Waals surface area contributed by atoms with Crippen molar-refractivity contribution in [3.8, 4) is 23.0 Å². The van der Waals surface area contributed by atoms with Crippen molar-refractivity contribution in [3.05, 3.63) is 104 Å². The molecule has 0 unspecified atom stereocenters. The molecule has 1 heterocycles. The largest absolute Gasteiger partial charge is 0.490 e. The maximum Gasteiger partial charge on any atom is 0.337 e. The number of fused-ring (bicyclic) bond motifs is 1. The lowest BCUT2D eigenvalue weighted by Gasteiger charge is -2.28. The first-order chi connectivity index (χ1) is 24.2. The van der Waals surface area contributed by atoms with Gasteiger partial charge in [-0.05, 0) is 95.1 Å².